The second-order valence-corrected chi connectivity index (χ2v) is 7.71. The predicted molar refractivity (Wildman–Crippen MR) is 111 cm³/mol. The Morgan fingerprint density at radius 3 is 2.56 bits per heavy atom. The van der Waals surface area contributed by atoms with Gasteiger partial charge in [0.1, 0.15) is 0 Å². The summed E-state index contributed by atoms with van der Waals surface area (Å²) in [4.78, 5) is 17.1. The first-order valence-corrected chi connectivity index (χ1v) is 8.76. The van der Waals surface area contributed by atoms with Crippen LogP contribution in [0.3, 0.4) is 0 Å². The molecule has 0 aliphatic rings. The normalized spacial score (nSPS) is 12.7. The van der Waals surface area contributed by atoms with Crippen molar-refractivity contribution in [2.45, 2.75) is 39.7 Å². The average Bonchev–Trinajstić information content (AvgIpc) is 2.93. The lowest BCUT2D eigenvalue weighted by Crippen LogP contribution is -2.52. The molecule has 0 saturated heterocycles. The molecule has 1 aromatic carbocycles. The van der Waals surface area contributed by atoms with E-state index < -0.39 is 5.54 Å². The van der Waals surface area contributed by atoms with Gasteiger partial charge in [-0.05, 0) is 38.3 Å². The summed E-state index contributed by atoms with van der Waals surface area (Å²) < 4.78 is 0. The summed E-state index contributed by atoms with van der Waals surface area (Å²) >= 11 is 1.61. The van der Waals surface area contributed by atoms with Crippen molar-refractivity contribution in [1.82, 2.24) is 10.3 Å². The van der Waals surface area contributed by atoms with Crippen LogP contribution < -0.4 is 11.1 Å². The smallest absolute Gasteiger partial charge is 0.251 e. The first-order valence-electron chi connectivity index (χ1n) is 7.88. The monoisotopic (exact) mass is 403 g/mol. The first-order chi connectivity index (χ1) is 10.8. The second kappa shape index (κ2) is 10.1. The van der Waals surface area contributed by atoms with Gasteiger partial charge in [-0.3, -0.25) is 4.79 Å². The number of nitrogens with zero attached hydrogens (tertiary/aromatic N) is 1. The fourth-order valence-corrected chi connectivity index (χ4v) is 3.37. The van der Waals surface area contributed by atoms with Crippen LogP contribution in [0, 0.1) is 12.8 Å². The zero-order valence-electron chi connectivity index (χ0n) is 15.0. The number of nitrogens with two attached hydrogens (primary N) is 1. The molecule has 1 aromatic heterocycles. The Hall–Kier alpha value is -1.14. The van der Waals surface area contributed by atoms with E-state index in [0.717, 1.165) is 22.7 Å². The average molecular weight is 404 g/mol. The van der Waals surface area contributed by atoms with E-state index in [9.17, 15) is 4.79 Å². The van der Waals surface area contributed by atoms with E-state index in [1.165, 1.54) is 0 Å². The van der Waals surface area contributed by atoms with Crippen LogP contribution >= 0.6 is 36.2 Å². The maximum absolute atomic E-state index is 12.6. The second-order valence-electron chi connectivity index (χ2n) is 6.65. The minimum absolute atomic E-state index is 0. The van der Waals surface area contributed by atoms with Gasteiger partial charge >= 0.3 is 0 Å². The van der Waals surface area contributed by atoms with Gasteiger partial charge in [-0.15, -0.1) is 36.2 Å². The molecule has 0 aliphatic carbocycles. The number of halogens is 2. The van der Waals surface area contributed by atoms with Gasteiger partial charge in [-0.25, -0.2) is 4.98 Å². The van der Waals surface area contributed by atoms with E-state index in [4.69, 9.17) is 5.73 Å². The molecule has 0 aliphatic heterocycles. The number of carbonyl (C=O) groups excluding carboxylic acids is 1. The van der Waals surface area contributed by atoms with E-state index in [1.807, 2.05) is 43.5 Å². The maximum Gasteiger partial charge on any atom is 0.251 e. The van der Waals surface area contributed by atoms with Crippen molar-refractivity contribution in [2.75, 3.05) is 6.54 Å². The molecule has 0 saturated carbocycles. The fraction of sp³-hybridized carbons (Fsp3) is 0.444. The molecule has 1 unspecified atom stereocenters. The topological polar surface area (TPSA) is 68.0 Å². The number of thiazole rings is 1. The summed E-state index contributed by atoms with van der Waals surface area (Å²) in [5.41, 5.74) is 7.99. The number of aromatic nitrogens is 1. The Labute approximate surface area is 166 Å². The minimum Gasteiger partial charge on any atom is -0.346 e. The van der Waals surface area contributed by atoms with Gasteiger partial charge in [0.15, 0.2) is 0 Å². The SMILES string of the molecule is Cc1nc(-c2cccc(C(=O)NC(C)(CN)CC(C)C)c2)cs1.Cl.Cl. The summed E-state index contributed by atoms with van der Waals surface area (Å²) in [5.74, 6) is 0.376. The molecule has 4 nitrogen and oxygen atoms in total. The van der Waals surface area contributed by atoms with E-state index in [1.54, 1.807) is 11.3 Å². The molecule has 1 atom stereocenters. The number of hydrogen-bond donors (Lipinski definition) is 2. The van der Waals surface area contributed by atoms with E-state index in [2.05, 4.69) is 24.1 Å². The molecule has 0 spiro atoms. The van der Waals surface area contributed by atoms with Gasteiger partial charge in [-0.1, -0.05) is 26.0 Å². The molecule has 2 aromatic rings. The van der Waals surface area contributed by atoms with Crippen LogP contribution in [0.4, 0.5) is 0 Å². The third kappa shape index (κ3) is 6.59. The summed E-state index contributed by atoms with van der Waals surface area (Å²) in [6.07, 6.45) is 0.847. The number of carbonyl (C=O) groups is 1. The van der Waals surface area contributed by atoms with Crippen molar-refractivity contribution < 1.29 is 4.79 Å². The van der Waals surface area contributed by atoms with Crippen LogP contribution in [0.25, 0.3) is 11.3 Å². The zero-order chi connectivity index (χ0) is 17.0. The molecule has 3 N–H and O–H groups in total. The molecule has 0 fully saturated rings. The van der Waals surface area contributed by atoms with Crippen LogP contribution in [0.2, 0.25) is 0 Å². The lowest BCUT2D eigenvalue weighted by atomic mass is 9.90. The predicted octanol–water partition coefficient (Wildman–Crippen LogP) is 4.46. The number of benzene rings is 1. The third-order valence-electron chi connectivity index (χ3n) is 3.76. The fourth-order valence-electron chi connectivity index (χ4n) is 2.75. The van der Waals surface area contributed by atoms with Crippen molar-refractivity contribution in [3.8, 4) is 11.3 Å². The van der Waals surface area contributed by atoms with Crippen molar-refractivity contribution in [3.05, 3.63) is 40.2 Å². The Bertz CT molecular complexity index is 690. The van der Waals surface area contributed by atoms with Crippen molar-refractivity contribution >= 4 is 42.1 Å². The number of nitrogens with one attached hydrogen (secondary N) is 1. The van der Waals surface area contributed by atoms with Crippen LogP contribution in [0.5, 0.6) is 0 Å². The van der Waals surface area contributed by atoms with Gasteiger partial charge < -0.3 is 11.1 Å². The molecular formula is C18H27Cl2N3OS. The van der Waals surface area contributed by atoms with Crippen LogP contribution in [0.1, 0.15) is 42.6 Å². The number of hydrogen-bond acceptors (Lipinski definition) is 4. The molecule has 2 rings (SSSR count). The highest BCUT2D eigenvalue weighted by molar-refractivity contribution is 7.09. The largest absolute Gasteiger partial charge is 0.346 e. The number of amides is 1. The van der Waals surface area contributed by atoms with E-state index in [-0.39, 0.29) is 30.7 Å². The lowest BCUT2D eigenvalue weighted by Gasteiger charge is -2.31. The Morgan fingerprint density at radius 1 is 1.36 bits per heavy atom. The maximum atomic E-state index is 12.6. The summed E-state index contributed by atoms with van der Waals surface area (Å²) in [5, 5.41) is 6.12. The molecule has 140 valence electrons. The number of aryl methyl sites for hydroxylation is 1. The van der Waals surface area contributed by atoms with Crippen LogP contribution in [-0.2, 0) is 0 Å². The van der Waals surface area contributed by atoms with Crippen molar-refractivity contribution in [2.24, 2.45) is 11.7 Å². The Morgan fingerprint density at radius 2 is 2.04 bits per heavy atom. The standard InChI is InChI=1S/C18H25N3OS.2ClH/c1-12(2)9-18(4,11-19)21-17(22)15-7-5-6-14(8-15)16-10-23-13(3)20-16;;/h5-8,10,12H,9,11,19H2,1-4H3,(H,21,22);2*1H. The van der Waals surface area contributed by atoms with E-state index >= 15 is 0 Å². The summed E-state index contributed by atoms with van der Waals surface area (Å²) in [6, 6.07) is 7.57. The molecule has 25 heavy (non-hydrogen) atoms. The van der Waals surface area contributed by atoms with E-state index in [0.29, 0.717) is 18.0 Å². The van der Waals surface area contributed by atoms with Gasteiger partial charge in [0.2, 0.25) is 0 Å². The quantitative estimate of drug-likeness (QED) is 0.747. The zero-order valence-corrected chi connectivity index (χ0v) is 17.5. The van der Waals surface area contributed by atoms with Crippen molar-refractivity contribution in [3.63, 3.8) is 0 Å². The number of rotatable bonds is 6. The van der Waals surface area contributed by atoms with Gasteiger partial charge in [0.25, 0.3) is 5.91 Å². The summed E-state index contributed by atoms with van der Waals surface area (Å²) in [6.45, 7) is 8.65. The molecule has 1 amide bonds. The molecule has 0 bridgehead atoms. The first kappa shape index (κ1) is 23.9. The highest BCUT2D eigenvalue weighted by Gasteiger charge is 2.26. The Kier molecular flexibility index (Phi) is 9.66. The highest BCUT2D eigenvalue weighted by Crippen LogP contribution is 2.23. The van der Waals surface area contributed by atoms with Gasteiger partial charge in [0, 0.05) is 28.6 Å². The Balaban J connectivity index is 0.00000288. The lowest BCUT2D eigenvalue weighted by molar-refractivity contribution is 0.0898. The van der Waals surface area contributed by atoms with Crippen molar-refractivity contribution in [1.29, 1.82) is 0 Å². The van der Waals surface area contributed by atoms with Crippen LogP contribution in [0.15, 0.2) is 29.6 Å². The third-order valence-corrected chi connectivity index (χ3v) is 4.54. The molecule has 7 heteroatoms. The molecule has 0 radical (unpaired) electrons. The minimum atomic E-state index is -0.390. The molecule has 1 heterocycles. The molecular weight excluding hydrogens is 377 g/mol. The van der Waals surface area contributed by atoms with Gasteiger partial charge in [0.05, 0.1) is 10.7 Å². The van der Waals surface area contributed by atoms with Gasteiger partial charge in [-0.2, -0.15) is 0 Å². The van der Waals surface area contributed by atoms with Crippen LogP contribution in [-0.4, -0.2) is 23.0 Å². The highest BCUT2D eigenvalue weighted by atomic mass is 35.5. The summed E-state index contributed by atoms with van der Waals surface area (Å²) in [7, 11) is 0.